The molecule has 1 aromatic carbocycles. The zero-order valence-electron chi connectivity index (χ0n) is 8.33. The van der Waals surface area contributed by atoms with Crippen LogP contribution in [0.2, 0.25) is 0 Å². The minimum absolute atomic E-state index is 0.186. The molecule has 0 amide bonds. The molecule has 15 heavy (non-hydrogen) atoms. The highest BCUT2D eigenvalue weighted by Gasteiger charge is 2.05. The quantitative estimate of drug-likeness (QED) is 0.848. The van der Waals surface area contributed by atoms with Gasteiger partial charge in [-0.15, -0.1) is 11.3 Å². The van der Waals surface area contributed by atoms with Gasteiger partial charge in [-0.25, -0.2) is 9.37 Å². The van der Waals surface area contributed by atoms with Gasteiger partial charge < -0.3 is 5.73 Å². The summed E-state index contributed by atoms with van der Waals surface area (Å²) in [4.78, 5) is 4.34. The van der Waals surface area contributed by atoms with Crippen LogP contribution in [-0.2, 0) is 6.54 Å². The van der Waals surface area contributed by atoms with E-state index in [0.29, 0.717) is 12.1 Å². The van der Waals surface area contributed by atoms with E-state index in [1.807, 2.05) is 5.38 Å². The molecule has 2 N–H and O–H groups in total. The molecule has 0 spiro atoms. The molecule has 0 atom stereocenters. The van der Waals surface area contributed by atoms with Crippen molar-refractivity contribution in [2.45, 2.75) is 13.5 Å². The van der Waals surface area contributed by atoms with Gasteiger partial charge in [0.1, 0.15) is 10.8 Å². The van der Waals surface area contributed by atoms with Gasteiger partial charge in [0.2, 0.25) is 0 Å². The first-order chi connectivity index (χ1) is 7.20. The number of aryl methyl sites for hydroxylation is 1. The molecule has 0 aliphatic heterocycles. The average molecular weight is 222 g/mol. The third-order valence-corrected chi connectivity index (χ3v) is 3.11. The van der Waals surface area contributed by atoms with Crippen LogP contribution in [-0.4, -0.2) is 4.98 Å². The van der Waals surface area contributed by atoms with E-state index < -0.39 is 0 Å². The highest BCUT2D eigenvalue weighted by Crippen LogP contribution is 2.25. The Morgan fingerprint density at radius 1 is 1.47 bits per heavy atom. The van der Waals surface area contributed by atoms with Crippen molar-refractivity contribution in [1.29, 1.82) is 0 Å². The van der Waals surface area contributed by atoms with E-state index in [4.69, 9.17) is 5.73 Å². The van der Waals surface area contributed by atoms with Crippen LogP contribution in [0.25, 0.3) is 10.6 Å². The number of benzene rings is 1. The summed E-state index contributed by atoms with van der Waals surface area (Å²) >= 11 is 1.53. The lowest BCUT2D eigenvalue weighted by atomic mass is 10.1. The van der Waals surface area contributed by atoms with Gasteiger partial charge in [-0.05, 0) is 30.7 Å². The molecular formula is C11H11FN2S. The van der Waals surface area contributed by atoms with Crippen molar-refractivity contribution in [3.8, 4) is 10.6 Å². The van der Waals surface area contributed by atoms with E-state index in [1.165, 1.54) is 17.4 Å². The summed E-state index contributed by atoms with van der Waals surface area (Å²) in [6.45, 7) is 2.19. The van der Waals surface area contributed by atoms with E-state index in [0.717, 1.165) is 16.3 Å². The van der Waals surface area contributed by atoms with Crippen LogP contribution in [0.1, 0.15) is 11.3 Å². The van der Waals surface area contributed by atoms with Gasteiger partial charge in [0.25, 0.3) is 0 Å². The number of rotatable bonds is 2. The number of thiazole rings is 1. The van der Waals surface area contributed by atoms with Crippen molar-refractivity contribution in [2.75, 3.05) is 0 Å². The summed E-state index contributed by atoms with van der Waals surface area (Å²) in [7, 11) is 0. The second kappa shape index (κ2) is 4.08. The minimum Gasteiger partial charge on any atom is -0.325 e. The van der Waals surface area contributed by atoms with Crippen LogP contribution in [0, 0.1) is 12.7 Å². The van der Waals surface area contributed by atoms with Crippen molar-refractivity contribution in [3.05, 3.63) is 40.7 Å². The minimum atomic E-state index is -0.186. The fourth-order valence-electron chi connectivity index (χ4n) is 1.31. The van der Waals surface area contributed by atoms with Gasteiger partial charge in [-0.3, -0.25) is 0 Å². The molecule has 2 aromatic rings. The predicted molar refractivity (Wildman–Crippen MR) is 60.1 cm³/mol. The fourth-order valence-corrected chi connectivity index (χ4v) is 2.14. The normalized spacial score (nSPS) is 10.6. The summed E-state index contributed by atoms with van der Waals surface area (Å²) in [6, 6.07) is 5.00. The maximum Gasteiger partial charge on any atom is 0.126 e. The van der Waals surface area contributed by atoms with Crippen LogP contribution in [0.15, 0.2) is 23.6 Å². The molecule has 2 nitrogen and oxygen atoms in total. The molecule has 78 valence electrons. The van der Waals surface area contributed by atoms with Gasteiger partial charge in [0.15, 0.2) is 0 Å². The molecule has 0 aliphatic carbocycles. The van der Waals surface area contributed by atoms with Crippen molar-refractivity contribution >= 4 is 11.3 Å². The molecule has 0 unspecified atom stereocenters. The van der Waals surface area contributed by atoms with Crippen LogP contribution < -0.4 is 5.73 Å². The van der Waals surface area contributed by atoms with Gasteiger partial charge in [-0.2, -0.15) is 0 Å². The Labute approximate surface area is 91.6 Å². The summed E-state index contributed by atoms with van der Waals surface area (Å²) in [5.74, 6) is -0.186. The lowest BCUT2D eigenvalue weighted by Crippen LogP contribution is -1.95. The van der Waals surface area contributed by atoms with Gasteiger partial charge in [0, 0.05) is 17.5 Å². The Hall–Kier alpha value is -1.26. The zero-order valence-corrected chi connectivity index (χ0v) is 9.14. The number of aromatic nitrogens is 1. The second-order valence-corrected chi connectivity index (χ2v) is 4.17. The van der Waals surface area contributed by atoms with Gasteiger partial charge in [-0.1, -0.05) is 0 Å². The number of hydrogen-bond acceptors (Lipinski definition) is 3. The van der Waals surface area contributed by atoms with Crippen LogP contribution >= 0.6 is 11.3 Å². The Balaban J connectivity index is 2.40. The molecule has 1 aromatic heterocycles. The summed E-state index contributed by atoms with van der Waals surface area (Å²) in [5.41, 5.74) is 7.93. The van der Waals surface area contributed by atoms with E-state index in [-0.39, 0.29) is 5.82 Å². The van der Waals surface area contributed by atoms with Crippen molar-refractivity contribution in [3.63, 3.8) is 0 Å². The van der Waals surface area contributed by atoms with Gasteiger partial charge >= 0.3 is 0 Å². The number of hydrogen-bond donors (Lipinski definition) is 1. The molecule has 2 rings (SSSR count). The first-order valence-corrected chi connectivity index (χ1v) is 5.49. The van der Waals surface area contributed by atoms with Crippen molar-refractivity contribution < 1.29 is 4.39 Å². The standard InChI is InChI=1S/C11H11FN2S/c1-7-4-8(2-3-10(7)12)11-14-9(5-13)6-15-11/h2-4,6H,5,13H2,1H3. The number of nitrogens with zero attached hydrogens (tertiary/aromatic N) is 1. The molecule has 0 saturated heterocycles. The second-order valence-electron chi connectivity index (χ2n) is 3.31. The van der Waals surface area contributed by atoms with E-state index in [9.17, 15) is 4.39 Å². The average Bonchev–Trinajstić information content (AvgIpc) is 2.70. The number of nitrogens with two attached hydrogens (primary N) is 1. The predicted octanol–water partition coefficient (Wildman–Crippen LogP) is 2.72. The smallest absolute Gasteiger partial charge is 0.126 e. The largest absolute Gasteiger partial charge is 0.325 e. The SMILES string of the molecule is Cc1cc(-c2nc(CN)cs2)ccc1F. The fraction of sp³-hybridized carbons (Fsp3) is 0.182. The Kier molecular flexibility index (Phi) is 2.79. The van der Waals surface area contributed by atoms with Crippen LogP contribution in [0.5, 0.6) is 0 Å². The topological polar surface area (TPSA) is 38.9 Å². The molecule has 0 radical (unpaired) electrons. The lowest BCUT2D eigenvalue weighted by molar-refractivity contribution is 0.619. The maximum absolute atomic E-state index is 13.0. The van der Waals surface area contributed by atoms with E-state index in [2.05, 4.69) is 4.98 Å². The molecule has 0 fully saturated rings. The molecule has 0 aliphatic rings. The third kappa shape index (κ3) is 2.06. The van der Waals surface area contributed by atoms with Gasteiger partial charge in [0.05, 0.1) is 5.69 Å². The highest BCUT2D eigenvalue weighted by atomic mass is 32.1. The monoisotopic (exact) mass is 222 g/mol. The molecule has 1 heterocycles. The van der Waals surface area contributed by atoms with Crippen LogP contribution in [0.4, 0.5) is 4.39 Å². The summed E-state index contributed by atoms with van der Waals surface area (Å²) in [6.07, 6.45) is 0. The Bertz CT molecular complexity index is 479. The summed E-state index contributed by atoms with van der Waals surface area (Å²) in [5, 5.41) is 2.81. The third-order valence-electron chi connectivity index (χ3n) is 2.17. The molecule has 0 saturated carbocycles. The van der Waals surface area contributed by atoms with Crippen molar-refractivity contribution in [1.82, 2.24) is 4.98 Å². The first-order valence-electron chi connectivity index (χ1n) is 4.61. The molecule has 4 heteroatoms. The molecular weight excluding hydrogens is 211 g/mol. The van der Waals surface area contributed by atoms with E-state index >= 15 is 0 Å². The molecule has 0 bridgehead atoms. The highest BCUT2D eigenvalue weighted by molar-refractivity contribution is 7.13. The Morgan fingerprint density at radius 2 is 2.27 bits per heavy atom. The number of halogens is 1. The first kappa shape index (κ1) is 10.3. The lowest BCUT2D eigenvalue weighted by Gasteiger charge is -1.99. The van der Waals surface area contributed by atoms with Crippen molar-refractivity contribution in [2.24, 2.45) is 5.73 Å². The zero-order chi connectivity index (χ0) is 10.8. The Morgan fingerprint density at radius 3 is 2.87 bits per heavy atom. The maximum atomic E-state index is 13.0. The van der Waals surface area contributed by atoms with E-state index in [1.54, 1.807) is 19.1 Å². The van der Waals surface area contributed by atoms with Crippen LogP contribution in [0.3, 0.4) is 0 Å². The summed E-state index contributed by atoms with van der Waals surface area (Å²) < 4.78 is 13.0.